The molecule has 2 fully saturated rings. The number of nitrogens with one attached hydrogen (secondary N) is 1. The predicted octanol–water partition coefficient (Wildman–Crippen LogP) is 1.93. The van der Waals surface area contributed by atoms with Crippen LogP contribution < -0.4 is 5.32 Å². The molecule has 2 aliphatic heterocycles. The van der Waals surface area contributed by atoms with Crippen molar-refractivity contribution >= 4 is 0 Å². The predicted molar refractivity (Wildman–Crippen MR) is 78.0 cm³/mol. The lowest BCUT2D eigenvalue weighted by Gasteiger charge is -2.35. The van der Waals surface area contributed by atoms with Crippen LogP contribution >= 0.6 is 0 Å². The Bertz CT molecular complexity index is 246. The van der Waals surface area contributed by atoms with Crippen LogP contribution in [0.1, 0.15) is 47.0 Å². The van der Waals surface area contributed by atoms with Crippen molar-refractivity contribution in [2.24, 2.45) is 0 Å². The Hall–Kier alpha value is -0.120. The molecule has 0 bridgehead atoms. The minimum absolute atomic E-state index is 0.671. The topological polar surface area (TPSA) is 18.5 Å². The van der Waals surface area contributed by atoms with Crippen LogP contribution in [0.4, 0.5) is 0 Å². The molecule has 0 spiro atoms. The van der Waals surface area contributed by atoms with Gasteiger partial charge in [0.1, 0.15) is 0 Å². The normalized spacial score (nSPS) is 30.2. The molecule has 2 unspecified atom stereocenters. The zero-order valence-electron chi connectivity index (χ0n) is 12.7. The van der Waals surface area contributed by atoms with Crippen molar-refractivity contribution in [2.75, 3.05) is 26.2 Å². The van der Waals surface area contributed by atoms with Crippen LogP contribution in [0.2, 0.25) is 0 Å². The van der Waals surface area contributed by atoms with E-state index in [-0.39, 0.29) is 0 Å². The molecule has 2 heterocycles. The fourth-order valence-corrected chi connectivity index (χ4v) is 3.46. The maximum Gasteiger partial charge on any atom is 0.0238 e. The van der Waals surface area contributed by atoms with Crippen molar-refractivity contribution < 1.29 is 0 Å². The molecule has 2 rings (SSSR count). The summed E-state index contributed by atoms with van der Waals surface area (Å²) in [5, 5.41) is 3.64. The van der Waals surface area contributed by atoms with E-state index in [9.17, 15) is 0 Å². The van der Waals surface area contributed by atoms with Crippen molar-refractivity contribution in [3.63, 3.8) is 0 Å². The Morgan fingerprint density at radius 2 is 2.00 bits per heavy atom. The first-order valence-corrected chi connectivity index (χ1v) is 7.81. The number of hydrogen-bond donors (Lipinski definition) is 1. The van der Waals surface area contributed by atoms with E-state index in [1.54, 1.807) is 0 Å². The molecule has 2 aliphatic rings. The van der Waals surface area contributed by atoms with E-state index in [0.29, 0.717) is 12.1 Å². The van der Waals surface area contributed by atoms with Gasteiger partial charge in [0.05, 0.1) is 0 Å². The summed E-state index contributed by atoms with van der Waals surface area (Å²) in [7, 11) is 0. The minimum Gasteiger partial charge on any atom is -0.313 e. The summed E-state index contributed by atoms with van der Waals surface area (Å²) in [6.07, 6.45) is 4.08. The highest BCUT2D eigenvalue weighted by atomic mass is 15.3. The fourth-order valence-electron chi connectivity index (χ4n) is 3.46. The van der Waals surface area contributed by atoms with Crippen molar-refractivity contribution in [1.82, 2.24) is 15.1 Å². The molecule has 0 aromatic carbocycles. The van der Waals surface area contributed by atoms with E-state index in [2.05, 4.69) is 42.8 Å². The summed E-state index contributed by atoms with van der Waals surface area (Å²) in [6.45, 7) is 14.4. The van der Waals surface area contributed by atoms with E-state index in [0.717, 1.165) is 12.1 Å². The first kappa shape index (κ1) is 14.3. The highest BCUT2D eigenvalue weighted by Crippen LogP contribution is 2.21. The minimum atomic E-state index is 0.671. The second-order valence-corrected chi connectivity index (χ2v) is 6.62. The first-order chi connectivity index (χ1) is 8.58. The molecule has 106 valence electrons. The van der Waals surface area contributed by atoms with Gasteiger partial charge in [0.15, 0.2) is 0 Å². The van der Waals surface area contributed by atoms with E-state index in [1.165, 1.54) is 45.4 Å². The average molecular weight is 253 g/mol. The van der Waals surface area contributed by atoms with E-state index < -0.39 is 0 Å². The van der Waals surface area contributed by atoms with Crippen LogP contribution in [0.25, 0.3) is 0 Å². The molecule has 0 aromatic rings. The SMILES string of the molecule is CC(C)N1CCC(N(CC2CCCN2)C(C)C)C1. The van der Waals surface area contributed by atoms with E-state index in [1.807, 2.05) is 0 Å². The second kappa shape index (κ2) is 6.36. The van der Waals surface area contributed by atoms with Gasteiger partial charge in [-0.25, -0.2) is 0 Å². The van der Waals surface area contributed by atoms with Gasteiger partial charge in [-0.2, -0.15) is 0 Å². The summed E-state index contributed by atoms with van der Waals surface area (Å²) < 4.78 is 0. The lowest BCUT2D eigenvalue weighted by atomic mass is 10.1. The van der Waals surface area contributed by atoms with Crippen LogP contribution in [0.3, 0.4) is 0 Å². The number of rotatable bonds is 5. The summed E-state index contributed by atoms with van der Waals surface area (Å²) in [4.78, 5) is 5.37. The second-order valence-electron chi connectivity index (χ2n) is 6.62. The molecule has 0 saturated carbocycles. The third kappa shape index (κ3) is 3.46. The Balaban J connectivity index is 1.89. The number of hydrogen-bond acceptors (Lipinski definition) is 3. The van der Waals surface area contributed by atoms with Gasteiger partial charge in [0.2, 0.25) is 0 Å². The quantitative estimate of drug-likeness (QED) is 0.808. The largest absolute Gasteiger partial charge is 0.313 e. The van der Waals surface area contributed by atoms with Gasteiger partial charge in [0, 0.05) is 43.8 Å². The molecule has 3 heteroatoms. The van der Waals surface area contributed by atoms with Crippen molar-refractivity contribution in [3.8, 4) is 0 Å². The molecule has 18 heavy (non-hydrogen) atoms. The van der Waals surface area contributed by atoms with Gasteiger partial charge < -0.3 is 5.32 Å². The molecule has 1 N–H and O–H groups in total. The fraction of sp³-hybridized carbons (Fsp3) is 1.00. The molecular weight excluding hydrogens is 222 g/mol. The van der Waals surface area contributed by atoms with Gasteiger partial charge in [-0.3, -0.25) is 9.80 Å². The summed E-state index contributed by atoms with van der Waals surface area (Å²) in [6, 6.07) is 2.88. The molecule has 2 saturated heterocycles. The third-order valence-corrected chi connectivity index (χ3v) is 4.65. The first-order valence-electron chi connectivity index (χ1n) is 7.81. The number of nitrogens with zero attached hydrogens (tertiary/aromatic N) is 2. The van der Waals surface area contributed by atoms with Crippen LogP contribution in [-0.2, 0) is 0 Å². The van der Waals surface area contributed by atoms with Crippen LogP contribution in [0.5, 0.6) is 0 Å². The summed E-state index contributed by atoms with van der Waals surface area (Å²) in [5.41, 5.74) is 0. The Labute approximate surface area is 113 Å². The molecule has 2 atom stereocenters. The van der Waals surface area contributed by atoms with Gasteiger partial charge in [-0.05, 0) is 53.5 Å². The lowest BCUT2D eigenvalue weighted by molar-refractivity contribution is 0.135. The maximum absolute atomic E-state index is 3.64. The smallest absolute Gasteiger partial charge is 0.0238 e. The highest BCUT2D eigenvalue weighted by Gasteiger charge is 2.31. The van der Waals surface area contributed by atoms with Crippen molar-refractivity contribution in [3.05, 3.63) is 0 Å². The molecular formula is C15H31N3. The molecule has 3 nitrogen and oxygen atoms in total. The van der Waals surface area contributed by atoms with E-state index >= 15 is 0 Å². The van der Waals surface area contributed by atoms with Gasteiger partial charge >= 0.3 is 0 Å². The van der Waals surface area contributed by atoms with Crippen molar-refractivity contribution in [2.45, 2.75) is 71.1 Å². The lowest BCUT2D eigenvalue weighted by Crippen LogP contribution is -2.48. The highest BCUT2D eigenvalue weighted by molar-refractivity contribution is 4.89. The van der Waals surface area contributed by atoms with Gasteiger partial charge in [-0.15, -0.1) is 0 Å². The van der Waals surface area contributed by atoms with Crippen LogP contribution in [0.15, 0.2) is 0 Å². The third-order valence-electron chi connectivity index (χ3n) is 4.65. The molecule has 0 amide bonds. The standard InChI is InChI=1S/C15H31N3/c1-12(2)17-9-7-15(11-17)18(13(3)4)10-14-6-5-8-16-14/h12-16H,5-11H2,1-4H3. The molecule has 0 radical (unpaired) electrons. The Kier molecular flexibility index (Phi) is 5.05. The Morgan fingerprint density at radius 3 is 2.50 bits per heavy atom. The molecule has 0 aliphatic carbocycles. The van der Waals surface area contributed by atoms with Crippen LogP contribution in [0, 0.1) is 0 Å². The van der Waals surface area contributed by atoms with Crippen LogP contribution in [-0.4, -0.2) is 60.1 Å². The zero-order chi connectivity index (χ0) is 13.1. The summed E-state index contributed by atoms with van der Waals surface area (Å²) >= 11 is 0. The zero-order valence-corrected chi connectivity index (χ0v) is 12.7. The number of likely N-dealkylation sites (tertiary alicyclic amines) is 1. The maximum atomic E-state index is 3.64. The Morgan fingerprint density at radius 1 is 1.22 bits per heavy atom. The van der Waals surface area contributed by atoms with Gasteiger partial charge in [-0.1, -0.05) is 0 Å². The molecule has 0 aromatic heterocycles. The monoisotopic (exact) mass is 253 g/mol. The van der Waals surface area contributed by atoms with E-state index in [4.69, 9.17) is 0 Å². The summed E-state index contributed by atoms with van der Waals surface area (Å²) in [5.74, 6) is 0. The van der Waals surface area contributed by atoms with Crippen molar-refractivity contribution in [1.29, 1.82) is 0 Å². The average Bonchev–Trinajstić information content (AvgIpc) is 2.96. The van der Waals surface area contributed by atoms with Gasteiger partial charge in [0.25, 0.3) is 0 Å².